The van der Waals surface area contributed by atoms with Crippen LogP contribution in [-0.4, -0.2) is 41.7 Å². The molecular weight excluding hydrogens is 252 g/mol. The number of urea groups is 1. The van der Waals surface area contributed by atoms with Gasteiger partial charge >= 0.3 is 12.0 Å². The van der Waals surface area contributed by atoms with Crippen LogP contribution in [0.15, 0.2) is 0 Å². The van der Waals surface area contributed by atoms with Crippen molar-refractivity contribution in [1.82, 2.24) is 10.6 Å². The van der Waals surface area contributed by atoms with Gasteiger partial charge in [0.2, 0.25) is 0 Å². The fourth-order valence-corrected chi connectivity index (χ4v) is 2.95. The molecule has 3 atom stereocenters. The second-order valence-corrected chi connectivity index (χ2v) is 5.81. The van der Waals surface area contributed by atoms with Crippen LogP contribution in [-0.2, 0) is 4.79 Å². The maximum atomic E-state index is 11.7. The Bertz CT molecular complexity index is 299. The minimum absolute atomic E-state index is 0.224. The Morgan fingerprint density at radius 3 is 2.78 bits per heavy atom. The van der Waals surface area contributed by atoms with Crippen molar-refractivity contribution in [1.29, 1.82) is 0 Å². The molecule has 0 heterocycles. The number of rotatable bonds is 6. The van der Waals surface area contributed by atoms with Crippen molar-refractivity contribution >= 4 is 23.8 Å². The summed E-state index contributed by atoms with van der Waals surface area (Å²) in [5, 5.41) is 14.6. The molecule has 0 aliphatic heterocycles. The Morgan fingerprint density at radius 1 is 1.44 bits per heavy atom. The molecule has 0 saturated heterocycles. The first-order valence-corrected chi connectivity index (χ1v) is 7.70. The van der Waals surface area contributed by atoms with E-state index in [1.807, 2.05) is 6.26 Å². The SMILES string of the molecule is CSCC(C)CNC(=O)NC1CCCC1C(=O)O. The molecule has 2 amide bonds. The summed E-state index contributed by atoms with van der Waals surface area (Å²) in [6.45, 7) is 2.70. The van der Waals surface area contributed by atoms with Crippen LogP contribution < -0.4 is 10.6 Å². The van der Waals surface area contributed by atoms with Crippen molar-refractivity contribution in [2.45, 2.75) is 32.2 Å². The summed E-state index contributed by atoms with van der Waals surface area (Å²) in [5.41, 5.74) is 0. The zero-order valence-corrected chi connectivity index (χ0v) is 11.8. The Balaban J connectivity index is 2.29. The fourth-order valence-electron chi connectivity index (χ4n) is 2.26. The maximum Gasteiger partial charge on any atom is 0.315 e. The summed E-state index contributed by atoms with van der Waals surface area (Å²) >= 11 is 1.75. The number of aliphatic carboxylic acids is 1. The summed E-state index contributed by atoms with van der Waals surface area (Å²) in [4.78, 5) is 22.6. The van der Waals surface area contributed by atoms with Crippen LogP contribution in [0.25, 0.3) is 0 Å². The van der Waals surface area contributed by atoms with Crippen LogP contribution in [0.1, 0.15) is 26.2 Å². The topological polar surface area (TPSA) is 78.4 Å². The normalized spacial score (nSPS) is 24.6. The monoisotopic (exact) mass is 274 g/mol. The molecule has 5 nitrogen and oxygen atoms in total. The van der Waals surface area contributed by atoms with E-state index >= 15 is 0 Å². The van der Waals surface area contributed by atoms with E-state index in [2.05, 4.69) is 17.6 Å². The molecule has 0 radical (unpaired) electrons. The van der Waals surface area contributed by atoms with Crippen LogP contribution in [0.4, 0.5) is 4.79 Å². The largest absolute Gasteiger partial charge is 0.481 e. The molecule has 0 aromatic carbocycles. The first-order chi connectivity index (χ1) is 8.54. The van der Waals surface area contributed by atoms with Crippen molar-refractivity contribution < 1.29 is 14.7 Å². The van der Waals surface area contributed by atoms with E-state index < -0.39 is 11.9 Å². The van der Waals surface area contributed by atoms with Gasteiger partial charge in [-0.1, -0.05) is 13.3 Å². The van der Waals surface area contributed by atoms with E-state index in [1.54, 1.807) is 11.8 Å². The number of hydrogen-bond donors (Lipinski definition) is 3. The second-order valence-electron chi connectivity index (χ2n) is 4.90. The van der Waals surface area contributed by atoms with Crippen LogP contribution >= 0.6 is 11.8 Å². The summed E-state index contributed by atoms with van der Waals surface area (Å²) in [5.74, 6) is 0.180. The second kappa shape index (κ2) is 7.51. The predicted molar refractivity (Wildman–Crippen MR) is 72.8 cm³/mol. The van der Waals surface area contributed by atoms with Crippen molar-refractivity contribution in [2.75, 3.05) is 18.6 Å². The Hall–Kier alpha value is -0.910. The van der Waals surface area contributed by atoms with E-state index in [1.165, 1.54) is 0 Å². The van der Waals surface area contributed by atoms with Crippen LogP contribution in [0.2, 0.25) is 0 Å². The maximum absolute atomic E-state index is 11.7. The van der Waals surface area contributed by atoms with Crippen molar-refractivity contribution in [2.24, 2.45) is 11.8 Å². The predicted octanol–water partition coefficient (Wildman–Crippen LogP) is 1.54. The van der Waals surface area contributed by atoms with Crippen molar-refractivity contribution in [3.05, 3.63) is 0 Å². The third kappa shape index (κ3) is 4.76. The lowest BCUT2D eigenvalue weighted by atomic mass is 10.0. The molecule has 1 aliphatic carbocycles. The van der Waals surface area contributed by atoms with Gasteiger partial charge in [0.15, 0.2) is 0 Å². The molecule has 3 unspecified atom stereocenters. The highest BCUT2D eigenvalue weighted by atomic mass is 32.2. The number of carbonyl (C=O) groups excluding carboxylic acids is 1. The summed E-state index contributed by atoms with van der Waals surface area (Å²) in [6.07, 6.45) is 4.31. The van der Waals surface area contributed by atoms with E-state index in [-0.39, 0.29) is 12.1 Å². The first-order valence-electron chi connectivity index (χ1n) is 6.30. The van der Waals surface area contributed by atoms with Gasteiger partial charge in [-0.2, -0.15) is 11.8 Å². The Morgan fingerprint density at radius 2 is 2.17 bits per heavy atom. The van der Waals surface area contributed by atoms with E-state index in [4.69, 9.17) is 5.11 Å². The molecule has 18 heavy (non-hydrogen) atoms. The Kier molecular flexibility index (Phi) is 6.32. The molecule has 1 aliphatic rings. The third-order valence-corrected chi connectivity index (χ3v) is 4.11. The first kappa shape index (κ1) is 15.1. The van der Waals surface area contributed by atoms with Gasteiger partial charge in [0.25, 0.3) is 0 Å². The van der Waals surface area contributed by atoms with Gasteiger partial charge < -0.3 is 15.7 Å². The summed E-state index contributed by atoms with van der Waals surface area (Å²) in [7, 11) is 0. The van der Waals surface area contributed by atoms with Crippen LogP contribution in [0.3, 0.4) is 0 Å². The molecule has 104 valence electrons. The molecule has 0 aromatic rings. The highest BCUT2D eigenvalue weighted by Gasteiger charge is 2.33. The average molecular weight is 274 g/mol. The van der Waals surface area contributed by atoms with Gasteiger partial charge in [-0.15, -0.1) is 0 Å². The van der Waals surface area contributed by atoms with Crippen molar-refractivity contribution in [3.8, 4) is 0 Å². The number of carboxylic acid groups (broad SMARTS) is 1. The van der Waals surface area contributed by atoms with E-state index in [9.17, 15) is 9.59 Å². The molecule has 3 N–H and O–H groups in total. The molecule has 1 rings (SSSR count). The highest BCUT2D eigenvalue weighted by molar-refractivity contribution is 7.98. The van der Waals surface area contributed by atoms with Crippen molar-refractivity contribution in [3.63, 3.8) is 0 Å². The average Bonchev–Trinajstić information content (AvgIpc) is 2.75. The molecule has 6 heteroatoms. The lowest BCUT2D eigenvalue weighted by Gasteiger charge is -2.19. The van der Waals surface area contributed by atoms with Gasteiger partial charge in [-0.3, -0.25) is 4.79 Å². The molecule has 1 saturated carbocycles. The third-order valence-electron chi connectivity index (χ3n) is 3.21. The Labute approximate surface area is 112 Å². The van der Waals surface area contributed by atoms with Crippen LogP contribution in [0, 0.1) is 11.8 Å². The van der Waals surface area contributed by atoms with E-state index in [0.717, 1.165) is 18.6 Å². The van der Waals surface area contributed by atoms with Gasteiger partial charge in [-0.25, -0.2) is 4.79 Å². The molecule has 0 bridgehead atoms. The van der Waals surface area contributed by atoms with Gasteiger partial charge in [0.05, 0.1) is 5.92 Å². The minimum Gasteiger partial charge on any atom is -0.481 e. The van der Waals surface area contributed by atoms with Gasteiger partial charge in [0, 0.05) is 12.6 Å². The molecule has 0 spiro atoms. The fraction of sp³-hybridized carbons (Fsp3) is 0.833. The number of amides is 2. The zero-order valence-electron chi connectivity index (χ0n) is 10.9. The molecule has 1 fully saturated rings. The number of hydrogen-bond acceptors (Lipinski definition) is 3. The summed E-state index contributed by atoms with van der Waals surface area (Å²) < 4.78 is 0. The van der Waals surface area contributed by atoms with Gasteiger partial charge in [-0.05, 0) is 30.8 Å². The standard InChI is InChI=1S/C12H22N2O3S/c1-8(7-18-2)6-13-12(17)14-10-5-3-4-9(10)11(15)16/h8-10H,3-7H2,1-2H3,(H,15,16)(H2,13,14,17). The lowest BCUT2D eigenvalue weighted by Crippen LogP contribution is -2.46. The number of nitrogens with one attached hydrogen (secondary N) is 2. The number of thioether (sulfide) groups is 1. The molecule has 0 aromatic heterocycles. The van der Waals surface area contributed by atoms with Gasteiger partial charge in [0.1, 0.15) is 0 Å². The zero-order chi connectivity index (χ0) is 13.5. The van der Waals surface area contributed by atoms with Crippen LogP contribution in [0.5, 0.6) is 0 Å². The minimum atomic E-state index is -0.812. The van der Waals surface area contributed by atoms with E-state index in [0.29, 0.717) is 18.9 Å². The quantitative estimate of drug-likeness (QED) is 0.686. The highest BCUT2D eigenvalue weighted by Crippen LogP contribution is 2.25. The number of carboxylic acids is 1. The smallest absolute Gasteiger partial charge is 0.315 e. The summed E-state index contributed by atoms with van der Waals surface area (Å²) in [6, 6.07) is -0.473. The number of carbonyl (C=O) groups is 2. The lowest BCUT2D eigenvalue weighted by molar-refractivity contribution is -0.142. The molecular formula is C12H22N2O3S.